The Kier molecular flexibility index (Phi) is 5.38. The molecule has 7 heteroatoms. The minimum Gasteiger partial charge on any atom is -0.388 e. The number of hydrogen-bond acceptors (Lipinski definition) is 7. The molecule has 1 aliphatic heterocycles. The summed E-state index contributed by atoms with van der Waals surface area (Å²) in [5, 5.41) is 29.3. The average Bonchev–Trinajstić information content (AvgIpc) is 2.47. The Balaban J connectivity index is 1.98. The van der Waals surface area contributed by atoms with E-state index in [9.17, 15) is 15.3 Å². The lowest BCUT2D eigenvalue weighted by Gasteiger charge is -2.39. The highest BCUT2D eigenvalue weighted by atomic mass is 16.7. The van der Waals surface area contributed by atoms with Crippen molar-refractivity contribution >= 4 is 6.21 Å². The summed E-state index contributed by atoms with van der Waals surface area (Å²) in [6.45, 7) is 2.01. The lowest BCUT2D eigenvalue weighted by Crippen LogP contribution is -2.58. The first kappa shape index (κ1) is 16.0. The van der Waals surface area contributed by atoms with E-state index in [0.29, 0.717) is 5.69 Å². The lowest BCUT2D eigenvalue weighted by molar-refractivity contribution is -0.287. The van der Waals surface area contributed by atoms with Gasteiger partial charge >= 0.3 is 0 Å². The maximum atomic E-state index is 9.88. The number of aryl methyl sites for hydroxylation is 1. The van der Waals surface area contributed by atoms with Crippen LogP contribution in [-0.2, 0) is 9.47 Å². The zero-order chi connectivity index (χ0) is 15.4. The van der Waals surface area contributed by atoms with Crippen molar-refractivity contribution in [2.24, 2.45) is 4.99 Å². The van der Waals surface area contributed by atoms with E-state index in [4.69, 9.17) is 9.47 Å². The molecule has 0 saturated carbocycles. The van der Waals surface area contributed by atoms with Gasteiger partial charge in [0.05, 0.1) is 12.2 Å². The van der Waals surface area contributed by atoms with Gasteiger partial charge in [0, 0.05) is 19.0 Å². The van der Waals surface area contributed by atoms with Gasteiger partial charge in [0.1, 0.15) is 24.4 Å². The third-order valence-electron chi connectivity index (χ3n) is 3.32. The van der Waals surface area contributed by atoms with E-state index in [1.165, 1.54) is 7.11 Å². The summed E-state index contributed by atoms with van der Waals surface area (Å²) in [7, 11) is 1.36. The summed E-state index contributed by atoms with van der Waals surface area (Å²) < 4.78 is 10.3. The van der Waals surface area contributed by atoms with Gasteiger partial charge < -0.3 is 24.8 Å². The monoisotopic (exact) mass is 296 g/mol. The fraction of sp³-hybridized carbons (Fsp3) is 0.571. The number of aromatic nitrogens is 1. The van der Waals surface area contributed by atoms with E-state index in [0.717, 1.165) is 5.69 Å². The van der Waals surface area contributed by atoms with Crippen LogP contribution in [0.1, 0.15) is 11.4 Å². The number of aliphatic imine (C=N–C) groups is 1. The van der Waals surface area contributed by atoms with E-state index >= 15 is 0 Å². The Labute approximate surface area is 122 Å². The van der Waals surface area contributed by atoms with Crippen molar-refractivity contribution in [3.8, 4) is 0 Å². The zero-order valence-corrected chi connectivity index (χ0v) is 12.0. The first-order chi connectivity index (χ1) is 10.0. The van der Waals surface area contributed by atoms with Gasteiger partial charge in [-0.1, -0.05) is 6.07 Å². The number of hydrogen-bond donors (Lipinski definition) is 3. The molecule has 3 N–H and O–H groups in total. The van der Waals surface area contributed by atoms with E-state index in [1.807, 2.05) is 25.1 Å². The zero-order valence-electron chi connectivity index (χ0n) is 12.0. The van der Waals surface area contributed by atoms with Crippen LogP contribution < -0.4 is 0 Å². The maximum absolute atomic E-state index is 9.88. The van der Waals surface area contributed by atoms with Gasteiger partial charge in [0.15, 0.2) is 6.29 Å². The molecule has 1 aliphatic rings. The van der Waals surface area contributed by atoms with Crippen molar-refractivity contribution < 1.29 is 24.8 Å². The van der Waals surface area contributed by atoms with Crippen LogP contribution in [0.2, 0.25) is 0 Å². The Morgan fingerprint density at radius 3 is 2.71 bits per heavy atom. The largest absolute Gasteiger partial charge is 0.388 e. The van der Waals surface area contributed by atoms with Crippen molar-refractivity contribution in [1.82, 2.24) is 4.98 Å². The Morgan fingerprint density at radius 1 is 1.29 bits per heavy atom. The van der Waals surface area contributed by atoms with Crippen molar-refractivity contribution in [2.45, 2.75) is 37.6 Å². The maximum Gasteiger partial charge on any atom is 0.186 e. The SMILES string of the molecule is COC1OC(CN=Cc2cccc(C)n2)C(O)C(O)C1O. The molecule has 5 unspecified atom stereocenters. The molecule has 5 atom stereocenters. The molecular formula is C14H20N2O5. The highest BCUT2D eigenvalue weighted by Crippen LogP contribution is 2.21. The van der Waals surface area contributed by atoms with Crippen LogP contribution in [0.3, 0.4) is 0 Å². The molecule has 116 valence electrons. The first-order valence-corrected chi connectivity index (χ1v) is 6.69. The lowest BCUT2D eigenvalue weighted by atomic mass is 9.99. The van der Waals surface area contributed by atoms with E-state index in [-0.39, 0.29) is 6.54 Å². The Morgan fingerprint density at radius 2 is 2.05 bits per heavy atom. The Hall–Kier alpha value is -1.38. The number of aliphatic hydroxyl groups excluding tert-OH is 3. The topological polar surface area (TPSA) is 104 Å². The second kappa shape index (κ2) is 7.06. The number of methoxy groups -OCH3 is 1. The molecule has 0 radical (unpaired) electrons. The summed E-state index contributed by atoms with van der Waals surface area (Å²) in [5.41, 5.74) is 1.58. The molecule has 2 rings (SSSR count). The molecule has 21 heavy (non-hydrogen) atoms. The standard InChI is InChI=1S/C14H20N2O5/c1-8-4-3-5-9(16-8)6-15-7-10-11(17)12(18)13(19)14(20-2)21-10/h3-6,10-14,17-19H,7H2,1-2H3. The van der Waals surface area contributed by atoms with Crippen LogP contribution in [0.5, 0.6) is 0 Å². The highest BCUT2D eigenvalue weighted by molar-refractivity contribution is 5.76. The molecular weight excluding hydrogens is 276 g/mol. The molecule has 0 aliphatic carbocycles. The van der Waals surface area contributed by atoms with Gasteiger partial charge in [-0.25, -0.2) is 0 Å². The molecule has 0 aromatic carbocycles. The van der Waals surface area contributed by atoms with Crippen LogP contribution in [0.15, 0.2) is 23.2 Å². The summed E-state index contributed by atoms with van der Waals surface area (Å²) in [6, 6.07) is 5.56. The van der Waals surface area contributed by atoms with Crippen LogP contribution in [0.4, 0.5) is 0 Å². The van der Waals surface area contributed by atoms with Crippen LogP contribution in [0, 0.1) is 6.92 Å². The third kappa shape index (κ3) is 3.84. The van der Waals surface area contributed by atoms with Crippen LogP contribution in [-0.4, -0.2) is 70.9 Å². The predicted octanol–water partition coefficient (Wildman–Crippen LogP) is -0.737. The number of ether oxygens (including phenoxy) is 2. The van der Waals surface area contributed by atoms with Gasteiger partial charge in [-0.2, -0.15) is 0 Å². The van der Waals surface area contributed by atoms with Gasteiger partial charge in [0.25, 0.3) is 0 Å². The molecule has 0 amide bonds. The molecule has 2 heterocycles. The number of pyridine rings is 1. The molecule has 1 fully saturated rings. The summed E-state index contributed by atoms with van der Waals surface area (Å²) in [4.78, 5) is 8.43. The Bertz CT molecular complexity index is 494. The average molecular weight is 296 g/mol. The second-order valence-corrected chi connectivity index (χ2v) is 4.95. The quantitative estimate of drug-likeness (QED) is 0.632. The third-order valence-corrected chi connectivity index (χ3v) is 3.32. The number of aliphatic hydroxyl groups is 3. The number of nitrogens with zero attached hydrogens (tertiary/aromatic N) is 2. The van der Waals surface area contributed by atoms with Crippen molar-refractivity contribution in [2.75, 3.05) is 13.7 Å². The van der Waals surface area contributed by atoms with Crippen molar-refractivity contribution in [3.05, 3.63) is 29.6 Å². The minimum atomic E-state index is -1.33. The smallest absolute Gasteiger partial charge is 0.186 e. The molecule has 0 spiro atoms. The summed E-state index contributed by atoms with van der Waals surface area (Å²) in [5.74, 6) is 0. The van der Waals surface area contributed by atoms with E-state index in [2.05, 4.69) is 9.98 Å². The molecule has 1 aromatic rings. The van der Waals surface area contributed by atoms with Crippen molar-refractivity contribution in [1.29, 1.82) is 0 Å². The minimum absolute atomic E-state index is 0.125. The van der Waals surface area contributed by atoms with E-state index in [1.54, 1.807) is 6.21 Å². The molecule has 0 bridgehead atoms. The van der Waals surface area contributed by atoms with Gasteiger partial charge in [-0.15, -0.1) is 0 Å². The number of rotatable bonds is 4. The molecule has 7 nitrogen and oxygen atoms in total. The van der Waals surface area contributed by atoms with Crippen LogP contribution in [0.25, 0.3) is 0 Å². The molecule has 1 saturated heterocycles. The van der Waals surface area contributed by atoms with Gasteiger partial charge in [-0.3, -0.25) is 9.98 Å². The van der Waals surface area contributed by atoms with Crippen molar-refractivity contribution in [3.63, 3.8) is 0 Å². The fourth-order valence-corrected chi connectivity index (χ4v) is 2.15. The second-order valence-electron chi connectivity index (χ2n) is 4.95. The highest BCUT2D eigenvalue weighted by Gasteiger charge is 2.43. The predicted molar refractivity (Wildman–Crippen MR) is 75.1 cm³/mol. The summed E-state index contributed by atoms with van der Waals surface area (Å²) >= 11 is 0. The van der Waals surface area contributed by atoms with E-state index < -0.39 is 30.7 Å². The normalized spacial score (nSPS) is 33.5. The fourth-order valence-electron chi connectivity index (χ4n) is 2.15. The summed E-state index contributed by atoms with van der Waals surface area (Å²) in [6.07, 6.45) is -4.02. The van der Waals surface area contributed by atoms with Gasteiger partial charge in [0.2, 0.25) is 0 Å². The van der Waals surface area contributed by atoms with Crippen LogP contribution >= 0.6 is 0 Å². The molecule has 1 aromatic heterocycles. The first-order valence-electron chi connectivity index (χ1n) is 6.69. The van der Waals surface area contributed by atoms with Gasteiger partial charge in [-0.05, 0) is 19.1 Å².